The van der Waals surface area contributed by atoms with Gasteiger partial charge in [0.25, 0.3) is 5.69 Å². The van der Waals surface area contributed by atoms with E-state index in [1.54, 1.807) is 31.2 Å². The van der Waals surface area contributed by atoms with Gasteiger partial charge in [0.05, 0.1) is 18.3 Å². The van der Waals surface area contributed by atoms with Gasteiger partial charge in [-0.25, -0.2) is 8.42 Å². The zero-order valence-corrected chi connectivity index (χ0v) is 23.6. The summed E-state index contributed by atoms with van der Waals surface area (Å²) in [6.07, 6.45) is 1.80. The Morgan fingerprint density at radius 2 is 1.82 bits per heavy atom. The maximum atomic E-state index is 13.8. The summed E-state index contributed by atoms with van der Waals surface area (Å²) in [4.78, 5) is 38.9. The van der Waals surface area contributed by atoms with Crippen LogP contribution in [0.25, 0.3) is 0 Å². The Hall–Kier alpha value is -3.38. The molecular weight excluding hydrogens is 536 g/mol. The molecule has 0 aliphatic rings. The molecule has 0 aliphatic carbocycles. The highest BCUT2D eigenvalue weighted by Crippen LogP contribution is 2.34. The number of non-ortho nitro benzene ring substituents is 1. The van der Waals surface area contributed by atoms with E-state index in [1.807, 2.05) is 13.8 Å². The maximum absolute atomic E-state index is 13.8. The van der Waals surface area contributed by atoms with Crippen molar-refractivity contribution in [3.8, 4) is 5.75 Å². The highest BCUT2D eigenvalue weighted by molar-refractivity contribution is 7.92. The van der Waals surface area contributed by atoms with Crippen molar-refractivity contribution in [1.82, 2.24) is 10.2 Å². The predicted octanol–water partition coefficient (Wildman–Crippen LogP) is 3.74. The molecule has 0 bridgehead atoms. The number of benzene rings is 2. The van der Waals surface area contributed by atoms with Gasteiger partial charge in [-0.1, -0.05) is 43.6 Å². The minimum absolute atomic E-state index is 0.0213. The van der Waals surface area contributed by atoms with Crippen LogP contribution in [0.3, 0.4) is 0 Å². The maximum Gasteiger partial charge on any atom is 0.271 e. The molecule has 0 spiro atoms. The van der Waals surface area contributed by atoms with Gasteiger partial charge in [0, 0.05) is 29.7 Å². The van der Waals surface area contributed by atoms with E-state index in [9.17, 15) is 28.1 Å². The second-order valence-corrected chi connectivity index (χ2v) is 11.1. The standard InChI is InChI=1S/C25H33ClN4O7S/c1-6-17(3)27-25(32)21(7-2)28(15-18-10-8-9-11-20(18)26)24(31)16-29(38(5,35)36)22-14-19(30(33)34)12-13-23(22)37-4/h8-14,17,21H,6-7,15-16H2,1-5H3,(H,27,32)/t17-,21+/m0/s1. The lowest BCUT2D eigenvalue weighted by molar-refractivity contribution is -0.384. The molecule has 2 atom stereocenters. The fourth-order valence-electron chi connectivity index (χ4n) is 3.75. The van der Waals surface area contributed by atoms with Crippen molar-refractivity contribution in [3.05, 3.63) is 63.2 Å². The van der Waals surface area contributed by atoms with Crippen molar-refractivity contribution < 1.29 is 27.7 Å². The molecule has 1 N–H and O–H groups in total. The largest absolute Gasteiger partial charge is 0.495 e. The molecule has 2 rings (SSSR count). The van der Waals surface area contributed by atoms with Gasteiger partial charge in [0.1, 0.15) is 24.0 Å². The number of anilines is 1. The van der Waals surface area contributed by atoms with Crippen molar-refractivity contribution in [2.24, 2.45) is 0 Å². The summed E-state index contributed by atoms with van der Waals surface area (Å²) in [5, 5.41) is 14.6. The highest BCUT2D eigenvalue weighted by atomic mass is 35.5. The van der Waals surface area contributed by atoms with Gasteiger partial charge < -0.3 is 15.0 Å². The van der Waals surface area contributed by atoms with Crippen LogP contribution in [0.1, 0.15) is 39.2 Å². The summed E-state index contributed by atoms with van der Waals surface area (Å²) < 4.78 is 31.7. The quantitative estimate of drug-likeness (QED) is 0.287. The average molecular weight is 569 g/mol. The lowest BCUT2D eigenvalue weighted by atomic mass is 10.1. The van der Waals surface area contributed by atoms with Crippen LogP contribution in [0.4, 0.5) is 11.4 Å². The number of hydrogen-bond donors (Lipinski definition) is 1. The van der Waals surface area contributed by atoms with Gasteiger partial charge in [-0.15, -0.1) is 0 Å². The number of halogens is 1. The Morgan fingerprint density at radius 1 is 1.16 bits per heavy atom. The Balaban J connectivity index is 2.58. The van der Waals surface area contributed by atoms with Crippen molar-refractivity contribution in [2.75, 3.05) is 24.2 Å². The molecule has 208 valence electrons. The van der Waals surface area contributed by atoms with E-state index >= 15 is 0 Å². The zero-order chi connectivity index (χ0) is 28.6. The molecule has 0 aromatic heterocycles. The lowest BCUT2D eigenvalue weighted by Gasteiger charge is -2.33. The topological polar surface area (TPSA) is 139 Å². The van der Waals surface area contributed by atoms with Gasteiger partial charge in [0.15, 0.2) is 0 Å². The molecule has 0 saturated heterocycles. The van der Waals surface area contributed by atoms with E-state index in [1.165, 1.54) is 24.1 Å². The number of sulfonamides is 1. The number of rotatable bonds is 13. The average Bonchev–Trinajstić information content (AvgIpc) is 2.86. The molecule has 2 aromatic carbocycles. The van der Waals surface area contributed by atoms with E-state index in [4.69, 9.17) is 16.3 Å². The Kier molecular flexibility index (Phi) is 10.9. The first-order chi connectivity index (χ1) is 17.8. The zero-order valence-electron chi connectivity index (χ0n) is 22.0. The number of methoxy groups -OCH3 is 1. The van der Waals surface area contributed by atoms with Gasteiger partial charge in [-0.3, -0.25) is 24.0 Å². The number of ether oxygens (including phenoxy) is 1. The van der Waals surface area contributed by atoms with Crippen LogP contribution in [-0.4, -0.2) is 62.0 Å². The van der Waals surface area contributed by atoms with Crippen molar-refractivity contribution in [2.45, 2.75) is 52.2 Å². The molecule has 0 heterocycles. The molecular formula is C25H33ClN4O7S. The van der Waals surface area contributed by atoms with Crippen LogP contribution in [-0.2, 0) is 26.2 Å². The second kappa shape index (κ2) is 13.4. The first-order valence-electron chi connectivity index (χ1n) is 12.0. The number of nitrogens with zero attached hydrogens (tertiary/aromatic N) is 3. The van der Waals surface area contributed by atoms with Crippen molar-refractivity contribution >= 4 is 44.8 Å². The molecule has 0 saturated carbocycles. The molecule has 38 heavy (non-hydrogen) atoms. The Morgan fingerprint density at radius 3 is 2.34 bits per heavy atom. The van der Waals surface area contributed by atoms with E-state index in [-0.39, 0.29) is 42.0 Å². The number of nitro benzene ring substituents is 1. The molecule has 13 heteroatoms. The third kappa shape index (κ3) is 7.81. The number of carbonyl (C=O) groups is 2. The van der Waals surface area contributed by atoms with Crippen LogP contribution in [0.5, 0.6) is 5.75 Å². The number of amides is 2. The smallest absolute Gasteiger partial charge is 0.271 e. The summed E-state index contributed by atoms with van der Waals surface area (Å²) in [6, 6.07) is 9.20. The molecule has 2 amide bonds. The summed E-state index contributed by atoms with van der Waals surface area (Å²) in [5.74, 6) is -1.07. The highest BCUT2D eigenvalue weighted by Gasteiger charge is 2.33. The molecule has 0 unspecified atom stereocenters. The number of nitro groups is 1. The molecule has 0 radical (unpaired) electrons. The normalized spacial score (nSPS) is 12.8. The number of hydrogen-bond acceptors (Lipinski definition) is 7. The minimum atomic E-state index is -4.12. The van der Waals surface area contributed by atoms with Crippen molar-refractivity contribution in [1.29, 1.82) is 0 Å². The first-order valence-corrected chi connectivity index (χ1v) is 14.2. The molecule has 2 aromatic rings. The van der Waals surface area contributed by atoms with E-state index in [2.05, 4.69) is 5.32 Å². The van der Waals surface area contributed by atoms with Crippen molar-refractivity contribution in [3.63, 3.8) is 0 Å². The SMILES string of the molecule is CC[C@H](C(=O)N[C@@H](C)CC)N(Cc1ccccc1Cl)C(=O)CN(c1cc([N+](=O)[O-])ccc1OC)S(C)(=O)=O. The summed E-state index contributed by atoms with van der Waals surface area (Å²) in [5.41, 5.74) is 0.0117. The number of carbonyl (C=O) groups excluding carboxylic acids is 2. The van der Waals surface area contributed by atoms with Crippen LogP contribution >= 0.6 is 11.6 Å². The Labute approximate surface area is 227 Å². The lowest BCUT2D eigenvalue weighted by Crippen LogP contribution is -2.53. The summed E-state index contributed by atoms with van der Waals surface area (Å²) >= 11 is 6.34. The van der Waals surface area contributed by atoms with Crippen LogP contribution in [0.15, 0.2) is 42.5 Å². The first kappa shape index (κ1) is 30.8. The van der Waals surface area contributed by atoms with Gasteiger partial charge in [0.2, 0.25) is 21.8 Å². The monoisotopic (exact) mass is 568 g/mol. The third-order valence-corrected chi connectivity index (χ3v) is 7.50. The summed E-state index contributed by atoms with van der Waals surface area (Å²) in [6.45, 7) is 4.70. The fourth-order valence-corrected chi connectivity index (χ4v) is 4.79. The van der Waals surface area contributed by atoms with Gasteiger partial charge >= 0.3 is 0 Å². The van der Waals surface area contributed by atoms with Crippen LogP contribution in [0.2, 0.25) is 5.02 Å². The Bertz CT molecular complexity index is 1270. The molecule has 11 nitrogen and oxygen atoms in total. The number of nitrogens with one attached hydrogen (secondary N) is 1. The minimum Gasteiger partial charge on any atom is -0.495 e. The van der Waals surface area contributed by atoms with E-state index < -0.39 is 33.4 Å². The fraction of sp³-hybridized carbons (Fsp3) is 0.440. The van der Waals surface area contributed by atoms with Gasteiger partial charge in [-0.05, 0) is 37.5 Å². The third-order valence-electron chi connectivity index (χ3n) is 6.01. The van der Waals surface area contributed by atoms with Gasteiger partial charge in [-0.2, -0.15) is 0 Å². The molecule has 0 aliphatic heterocycles. The predicted molar refractivity (Wildman–Crippen MR) is 146 cm³/mol. The van der Waals surface area contributed by atoms with E-state index in [0.717, 1.165) is 16.6 Å². The van der Waals surface area contributed by atoms with Crippen LogP contribution in [0, 0.1) is 10.1 Å². The molecule has 0 fully saturated rings. The summed E-state index contributed by atoms with van der Waals surface area (Å²) in [7, 11) is -2.84. The van der Waals surface area contributed by atoms with Crippen LogP contribution < -0.4 is 14.4 Å². The van der Waals surface area contributed by atoms with E-state index in [0.29, 0.717) is 17.0 Å². The second-order valence-electron chi connectivity index (χ2n) is 8.74.